The van der Waals surface area contributed by atoms with Gasteiger partial charge in [-0.25, -0.2) is 8.42 Å². The van der Waals surface area contributed by atoms with E-state index in [1.165, 1.54) is 0 Å². The van der Waals surface area contributed by atoms with Crippen molar-refractivity contribution in [3.05, 3.63) is 29.8 Å². The highest BCUT2D eigenvalue weighted by Gasteiger charge is 2.21. The third-order valence-corrected chi connectivity index (χ3v) is 3.91. The topological polar surface area (TPSA) is 72.2 Å². The fourth-order valence-corrected chi connectivity index (χ4v) is 3.27. The molecule has 104 valence electrons. The standard InChI is InChI=1S/C14H20N2O2S/c1-14(2,3)11-19(17,18)16-13-8-6-12(7-9-13)5-4-10-15/h6-9,16H,10-11,15H2,1-3H3. The zero-order chi connectivity index (χ0) is 14.5. The Morgan fingerprint density at radius 2 is 1.79 bits per heavy atom. The van der Waals surface area contributed by atoms with Crippen LogP contribution in [0.1, 0.15) is 26.3 Å². The van der Waals surface area contributed by atoms with Gasteiger partial charge >= 0.3 is 0 Å². The summed E-state index contributed by atoms with van der Waals surface area (Å²) in [5.41, 5.74) is 6.36. The fraction of sp³-hybridized carbons (Fsp3) is 0.429. The van der Waals surface area contributed by atoms with E-state index in [4.69, 9.17) is 5.73 Å². The summed E-state index contributed by atoms with van der Waals surface area (Å²) in [6.07, 6.45) is 0. The van der Waals surface area contributed by atoms with Crippen molar-refractivity contribution in [3.63, 3.8) is 0 Å². The summed E-state index contributed by atoms with van der Waals surface area (Å²) in [5, 5.41) is 0. The quantitative estimate of drug-likeness (QED) is 0.829. The number of hydrogen-bond donors (Lipinski definition) is 2. The van der Waals surface area contributed by atoms with E-state index >= 15 is 0 Å². The number of rotatable bonds is 3. The Morgan fingerprint density at radius 1 is 1.21 bits per heavy atom. The Labute approximate surface area is 115 Å². The largest absolute Gasteiger partial charge is 0.320 e. The minimum atomic E-state index is -3.33. The lowest BCUT2D eigenvalue weighted by Crippen LogP contribution is -2.26. The van der Waals surface area contributed by atoms with Crippen molar-refractivity contribution in [2.75, 3.05) is 17.0 Å². The lowest BCUT2D eigenvalue weighted by molar-refractivity contribution is 0.463. The minimum Gasteiger partial charge on any atom is -0.320 e. The average Bonchev–Trinajstić information content (AvgIpc) is 2.24. The summed E-state index contributed by atoms with van der Waals surface area (Å²) in [4.78, 5) is 0. The number of anilines is 1. The zero-order valence-electron chi connectivity index (χ0n) is 11.5. The highest BCUT2D eigenvalue weighted by Crippen LogP contribution is 2.18. The van der Waals surface area contributed by atoms with Crippen LogP contribution in [0.2, 0.25) is 0 Å². The van der Waals surface area contributed by atoms with Crippen molar-refractivity contribution in [1.82, 2.24) is 0 Å². The predicted molar refractivity (Wildman–Crippen MR) is 79.2 cm³/mol. The van der Waals surface area contributed by atoms with Crippen molar-refractivity contribution in [1.29, 1.82) is 0 Å². The monoisotopic (exact) mass is 280 g/mol. The van der Waals surface area contributed by atoms with Crippen LogP contribution in [0, 0.1) is 17.3 Å². The van der Waals surface area contributed by atoms with Gasteiger partial charge in [-0.15, -0.1) is 0 Å². The van der Waals surface area contributed by atoms with Crippen LogP contribution < -0.4 is 10.5 Å². The van der Waals surface area contributed by atoms with Crippen LogP contribution in [0.15, 0.2) is 24.3 Å². The van der Waals surface area contributed by atoms with Crippen molar-refractivity contribution >= 4 is 15.7 Å². The smallest absolute Gasteiger partial charge is 0.233 e. The lowest BCUT2D eigenvalue weighted by Gasteiger charge is -2.18. The van der Waals surface area contributed by atoms with Crippen LogP contribution in [0.25, 0.3) is 0 Å². The second-order valence-corrected chi connectivity index (χ2v) is 7.23. The van der Waals surface area contributed by atoms with Gasteiger partial charge in [-0.05, 0) is 29.7 Å². The zero-order valence-corrected chi connectivity index (χ0v) is 12.3. The summed E-state index contributed by atoms with van der Waals surface area (Å²) < 4.78 is 26.4. The summed E-state index contributed by atoms with van der Waals surface area (Å²) in [5.74, 6) is 5.70. The Bertz CT molecular complexity index is 573. The van der Waals surface area contributed by atoms with E-state index in [0.717, 1.165) is 5.56 Å². The molecule has 0 heterocycles. The van der Waals surface area contributed by atoms with Gasteiger partial charge in [-0.2, -0.15) is 0 Å². The van der Waals surface area contributed by atoms with Gasteiger partial charge in [0.25, 0.3) is 0 Å². The van der Waals surface area contributed by atoms with Gasteiger partial charge < -0.3 is 5.73 Å². The molecule has 0 aliphatic heterocycles. The first-order chi connectivity index (χ1) is 8.72. The maximum Gasteiger partial charge on any atom is 0.233 e. The summed E-state index contributed by atoms with van der Waals surface area (Å²) in [6, 6.07) is 6.91. The summed E-state index contributed by atoms with van der Waals surface area (Å²) in [7, 11) is -3.33. The average molecular weight is 280 g/mol. The van der Waals surface area contributed by atoms with Crippen molar-refractivity contribution < 1.29 is 8.42 Å². The normalized spacial score (nSPS) is 11.6. The molecule has 1 aromatic carbocycles. The van der Waals surface area contributed by atoms with Gasteiger partial charge in [0.2, 0.25) is 10.0 Å². The number of benzene rings is 1. The number of sulfonamides is 1. The third kappa shape index (κ3) is 6.27. The van der Waals surface area contributed by atoms with E-state index in [9.17, 15) is 8.42 Å². The number of nitrogens with two attached hydrogens (primary N) is 1. The molecule has 0 spiro atoms. The maximum atomic E-state index is 11.9. The molecule has 0 unspecified atom stereocenters. The summed E-state index contributed by atoms with van der Waals surface area (Å²) >= 11 is 0. The van der Waals surface area contributed by atoms with E-state index in [1.807, 2.05) is 20.8 Å². The number of hydrogen-bond acceptors (Lipinski definition) is 3. The molecule has 1 rings (SSSR count). The van der Waals surface area contributed by atoms with Crippen LogP contribution in [-0.2, 0) is 10.0 Å². The SMILES string of the molecule is CC(C)(C)CS(=O)(=O)Nc1ccc(C#CCN)cc1. The molecule has 0 saturated carbocycles. The van der Waals surface area contributed by atoms with E-state index in [2.05, 4.69) is 16.6 Å². The van der Waals surface area contributed by atoms with E-state index in [0.29, 0.717) is 12.2 Å². The molecule has 0 fully saturated rings. The van der Waals surface area contributed by atoms with Crippen LogP contribution >= 0.6 is 0 Å². The van der Waals surface area contributed by atoms with Gasteiger partial charge in [0.15, 0.2) is 0 Å². The molecule has 0 bridgehead atoms. The van der Waals surface area contributed by atoms with Crippen molar-refractivity contribution in [3.8, 4) is 11.8 Å². The molecule has 0 saturated heterocycles. The Morgan fingerprint density at radius 3 is 2.26 bits per heavy atom. The predicted octanol–water partition coefficient (Wildman–Crippen LogP) is 1.78. The molecule has 5 heteroatoms. The molecule has 0 aliphatic carbocycles. The maximum absolute atomic E-state index is 11.9. The molecule has 0 amide bonds. The van der Waals surface area contributed by atoms with Gasteiger partial charge in [-0.3, -0.25) is 4.72 Å². The lowest BCUT2D eigenvalue weighted by atomic mass is 10.0. The molecule has 4 nitrogen and oxygen atoms in total. The van der Waals surface area contributed by atoms with E-state index in [1.54, 1.807) is 24.3 Å². The molecule has 0 radical (unpaired) electrons. The minimum absolute atomic E-state index is 0.0781. The highest BCUT2D eigenvalue weighted by atomic mass is 32.2. The second-order valence-electron chi connectivity index (χ2n) is 5.51. The third-order valence-electron chi connectivity index (χ3n) is 2.12. The van der Waals surface area contributed by atoms with Crippen LogP contribution in [0.3, 0.4) is 0 Å². The Hall–Kier alpha value is -1.51. The first-order valence-electron chi connectivity index (χ1n) is 6.01. The molecule has 0 aliphatic rings. The van der Waals surface area contributed by atoms with Gasteiger partial charge in [0, 0.05) is 11.3 Å². The number of nitrogens with one attached hydrogen (secondary N) is 1. The van der Waals surface area contributed by atoms with Crippen LogP contribution in [0.5, 0.6) is 0 Å². The van der Waals surface area contributed by atoms with Crippen molar-refractivity contribution in [2.24, 2.45) is 11.1 Å². The molecule has 1 aromatic rings. The van der Waals surface area contributed by atoms with Gasteiger partial charge in [0.1, 0.15) is 0 Å². The van der Waals surface area contributed by atoms with Gasteiger partial charge in [0.05, 0.1) is 12.3 Å². The molecule has 3 N–H and O–H groups in total. The van der Waals surface area contributed by atoms with E-state index < -0.39 is 10.0 Å². The molecular formula is C14H20N2O2S. The van der Waals surface area contributed by atoms with Crippen LogP contribution in [-0.4, -0.2) is 20.7 Å². The Kier molecular flexibility index (Phi) is 4.98. The first-order valence-corrected chi connectivity index (χ1v) is 7.67. The van der Waals surface area contributed by atoms with Crippen molar-refractivity contribution in [2.45, 2.75) is 20.8 Å². The Balaban J connectivity index is 2.78. The molecular weight excluding hydrogens is 260 g/mol. The van der Waals surface area contributed by atoms with Gasteiger partial charge in [-0.1, -0.05) is 32.6 Å². The molecule has 19 heavy (non-hydrogen) atoms. The highest BCUT2D eigenvalue weighted by molar-refractivity contribution is 7.92. The molecule has 0 atom stereocenters. The van der Waals surface area contributed by atoms with E-state index in [-0.39, 0.29) is 11.2 Å². The second kappa shape index (κ2) is 6.09. The van der Waals surface area contributed by atoms with Crippen LogP contribution in [0.4, 0.5) is 5.69 Å². The fourth-order valence-electron chi connectivity index (χ4n) is 1.56. The summed E-state index contributed by atoms with van der Waals surface area (Å²) in [6.45, 7) is 5.97. The first kappa shape index (κ1) is 15.5. The molecule has 0 aromatic heterocycles.